The molecule has 2 aliphatic rings. The van der Waals surface area contributed by atoms with Gasteiger partial charge in [0.1, 0.15) is 24.2 Å². The van der Waals surface area contributed by atoms with Gasteiger partial charge < -0.3 is 30.0 Å². The molecule has 2 fully saturated rings. The highest BCUT2D eigenvalue weighted by Gasteiger charge is 2.27. The first-order valence-electron chi connectivity index (χ1n) is 15.1. The summed E-state index contributed by atoms with van der Waals surface area (Å²) in [6, 6.07) is 19.6. The van der Waals surface area contributed by atoms with Crippen LogP contribution < -0.4 is 20.1 Å². The van der Waals surface area contributed by atoms with E-state index in [2.05, 4.69) is 9.80 Å². The molecule has 2 aliphatic heterocycles. The average Bonchev–Trinajstić information content (AvgIpc) is 3.51. The standard InChI is InChI=1S/C33H41N3O7S/c1-2-44(39,40)29-10-3-24(4-11-29)32(23-37)31-21-25(5-12-30(31)33(34)38)36-14-13-28(22-36)43-27-8-6-26(7-9-27)42-20-17-35-15-18-41-19-16-35/h3-12,21,28,32,37H,2,13-20,22-23H2,1H3,(H2,34,38)/t28-,32+/m0/s1. The Labute approximate surface area is 259 Å². The average molecular weight is 624 g/mol. The zero-order chi connectivity index (χ0) is 31.1. The molecule has 0 radical (unpaired) electrons. The molecule has 2 heterocycles. The fraction of sp³-hybridized carbons (Fsp3) is 0.424. The van der Waals surface area contributed by atoms with E-state index in [1.165, 1.54) is 12.1 Å². The smallest absolute Gasteiger partial charge is 0.249 e. The molecule has 3 aromatic carbocycles. The molecule has 2 saturated heterocycles. The van der Waals surface area contributed by atoms with Gasteiger partial charge in [0.15, 0.2) is 9.84 Å². The summed E-state index contributed by atoms with van der Waals surface area (Å²) in [7, 11) is -3.36. The van der Waals surface area contributed by atoms with Crippen LogP contribution in [0.3, 0.4) is 0 Å². The lowest BCUT2D eigenvalue weighted by Gasteiger charge is -2.26. The summed E-state index contributed by atoms with van der Waals surface area (Å²) in [5.74, 6) is 0.433. The number of nitrogens with zero attached hydrogens (tertiary/aromatic N) is 2. The van der Waals surface area contributed by atoms with Crippen LogP contribution in [-0.4, -0.2) is 95.3 Å². The Morgan fingerprint density at radius 2 is 1.73 bits per heavy atom. The molecule has 10 nitrogen and oxygen atoms in total. The third kappa shape index (κ3) is 7.71. The fourth-order valence-electron chi connectivity index (χ4n) is 5.70. The van der Waals surface area contributed by atoms with Crippen LogP contribution in [0.15, 0.2) is 71.6 Å². The Balaban J connectivity index is 1.23. The molecule has 236 valence electrons. The van der Waals surface area contributed by atoms with Crippen LogP contribution in [0.5, 0.6) is 11.5 Å². The van der Waals surface area contributed by atoms with Crippen molar-refractivity contribution in [2.24, 2.45) is 5.73 Å². The largest absolute Gasteiger partial charge is 0.492 e. The van der Waals surface area contributed by atoms with E-state index in [4.69, 9.17) is 19.9 Å². The second-order valence-electron chi connectivity index (χ2n) is 11.1. The Morgan fingerprint density at radius 3 is 2.39 bits per heavy atom. The van der Waals surface area contributed by atoms with Gasteiger partial charge in [-0.2, -0.15) is 0 Å². The second kappa shape index (κ2) is 14.4. The maximum atomic E-state index is 12.4. The Bertz CT molecular complexity index is 1510. The number of ether oxygens (including phenoxy) is 3. The Kier molecular flexibility index (Phi) is 10.4. The number of hydrogen-bond acceptors (Lipinski definition) is 9. The molecular weight excluding hydrogens is 582 g/mol. The number of rotatable bonds is 13. The number of benzene rings is 3. The lowest BCUT2D eigenvalue weighted by atomic mass is 9.88. The summed E-state index contributed by atoms with van der Waals surface area (Å²) < 4.78 is 42.1. The van der Waals surface area contributed by atoms with Crippen LogP contribution in [-0.2, 0) is 14.6 Å². The van der Waals surface area contributed by atoms with Gasteiger partial charge >= 0.3 is 0 Å². The molecule has 0 aromatic heterocycles. The van der Waals surface area contributed by atoms with Crippen LogP contribution in [0.1, 0.15) is 40.7 Å². The number of primary amides is 1. The van der Waals surface area contributed by atoms with Gasteiger partial charge in [0.25, 0.3) is 0 Å². The number of carbonyl (C=O) groups is 1. The monoisotopic (exact) mass is 623 g/mol. The van der Waals surface area contributed by atoms with E-state index in [9.17, 15) is 18.3 Å². The Morgan fingerprint density at radius 1 is 1.02 bits per heavy atom. The van der Waals surface area contributed by atoms with Gasteiger partial charge in [0, 0.05) is 49.8 Å². The van der Waals surface area contributed by atoms with Gasteiger partial charge in [-0.25, -0.2) is 8.42 Å². The topological polar surface area (TPSA) is 132 Å². The summed E-state index contributed by atoms with van der Waals surface area (Å²) in [6.07, 6.45) is 0.797. The van der Waals surface area contributed by atoms with Gasteiger partial charge in [0.05, 0.1) is 37.0 Å². The third-order valence-corrected chi connectivity index (χ3v) is 10.0. The van der Waals surface area contributed by atoms with E-state index >= 15 is 0 Å². The quantitative estimate of drug-likeness (QED) is 0.295. The van der Waals surface area contributed by atoms with Crippen LogP contribution >= 0.6 is 0 Å². The van der Waals surface area contributed by atoms with Crippen molar-refractivity contribution in [1.29, 1.82) is 0 Å². The minimum atomic E-state index is -3.36. The molecule has 0 saturated carbocycles. The molecule has 3 N–H and O–H groups in total. The lowest BCUT2D eigenvalue weighted by molar-refractivity contribution is 0.0322. The third-order valence-electron chi connectivity index (χ3n) is 8.30. The zero-order valence-electron chi connectivity index (χ0n) is 25.1. The predicted molar refractivity (Wildman–Crippen MR) is 168 cm³/mol. The van der Waals surface area contributed by atoms with Crippen molar-refractivity contribution in [2.75, 3.05) is 69.8 Å². The number of anilines is 1. The van der Waals surface area contributed by atoms with Gasteiger partial charge in [-0.3, -0.25) is 9.69 Å². The first-order chi connectivity index (χ1) is 21.3. The number of hydrogen-bond donors (Lipinski definition) is 2. The van der Waals surface area contributed by atoms with E-state index in [-0.39, 0.29) is 23.4 Å². The van der Waals surface area contributed by atoms with Crippen molar-refractivity contribution in [3.63, 3.8) is 0 Å². The molecule has 3 aromatic rings. The highest BCUT2D eigenvalue weighted by Crippen LogP contribution is 2.33. The number of aliphatic hydroxyl groups is 1. The molecule has 0 unspecified atom stereocenters. The summed E-state index contributed by atoms with van der Waals surface area (Å²) in [5, 5.41) is 10.4. The fourth-order valence-corrected chi connectivity index (χ4v) is 6.58. The lowest BCUT2D eigenvalue weighted by Crippen LogP contribution is -2.38. The van der Waals surface area contributed by atoms with E-state index in [0.29, 0.717) is 29.8 Å². The van der Waals surface area contributed by atoms with Crippen molar-refractivity contribution in [3.8, 4) is 11.5 Å². The number of aliphatic hydroxyl groups excluding tert-OH is 1. The summed E-state index contributed by atoms with van der Waals surface area (Å²) in [4.78, 5) is 17.1. The van der Waals surface area contributed by atoms with Crippen molar-refractivity contribution < 1.29 is 32.5 Å². The molecule has 0 aliphatic carbocycles. The molecule has 1 amide bonds. The van der Waals surface area contributed by atoms with Crippen LogP contribution in [0.2, 0.25) is 0 Å². The molecule has 0 bridgehead atoms. The molecule has 44 heavy (non-hydrogen) atoms. The summed E-state index contributed by atoms with van der Waals surface area (Å²) >= 11 is 0. The minimum Gasteiger partial charge on any atom is -0.492 e. The van der Waals surface area contributed by atoms with Gasteiger partial charge in [-0.15, -0.1) is 0 Å². The van der Waals surface area contributed by atoms with Crippen LogP contribution in [0.4, 0.5) is 5.69 Å². The highest BCUT2D eigenvalue weighted by atomic mass is 32.2. The number of sulfone groups is 1. The first-order valence-corrected chi connectivity index (χ1v) is 16.7. The number of nitrogens with two attached hydrogens (primary N) is 1. The number of morpholine rings is 1. The summed E-state index contributed by atoms with van der Waals surface area (Å²) in [6.45, 7) is 7.65. The van der Waals surface area contributed by atoms with Gasteiger partial charge in [-0.05, 0) is 65.7 Å². The predicted octanol–water partition coefficient (Wildman–Crippen LogP) is 3.07. The molecule has 5 rings (SSSR count). The summed E-state index contributed by atoms with van der Waals surface area (Å²) in [5.41, 5.74) is 8.22. The zero-order valence-corrected chi connectivity index (χ0v) is 25.9. The van der Waals surface area contributed by atoms with Crippen LogP contribution in [0.25, 0.3) is 0 Å². The molecule has 0 spiro atoms. The first kappa shape index (κ1) is 31.8. The number of amides is 1. The van der Waals surface area contributed by atoms with Crippen LogP contribution in [0, 0.1) is 0 Å². The second-order valence-corrected chi connectivity index (χ2v) is 13.4. The van der Waals surface area contributed by atoms with Crippen molar-refractivity contribution >= 4 is 21.4 Å². The maximum absolute atomic E-state index is 12.4. The molecular formula is C33H41N3O7S. The molecule has 11 heteroatoms. The van der Waals surface area contributed by atoms with E-state index in [1.807, 2.05) is 36.4 Å². The van der Waals surface area contributed by atoms with E-state index < -0.39 is 21.7 Å². The van der Waals surface area contributed by atoms with Gasteiger partial charge in [0.2, 0.25) is 5.91 Å². The number of carbonyl (C=O) groups excluding carboxylic acids is 1. The van der Waals surface area contributed by atoms with E-state index in [0.717, 1.165) is 63.0 Å². The maximum Gasteiger partial charge on any atom is 0.249 e. The van der Waals surface area contributed by atoms with E-state index in [1.54, 1.807) is 25.1 Å². The normalized spacial score (nSPS) is 18.2. The Hall–Kier alpha value is -3.64. The highest BCUT2D eigenvalue weighted by molar-refractivity contribution is 7.91. The van der Waals surface area contributed by atoms with Gasteiger partial charge in [-0.1, -0.05) is 19.1 Å². The SMILES string of the molecule is CCS(=O)(=O)c1ccc([C@@H](CO)c2cc(N3CC[C@H](Oc4ccc(OCCN5CCOCC5)cc4)C3)ccc2C(N)=O)cc1. The van der Waals surface area contributed by atoms with Crippen molar-refractivity contribution in [2.45, 2.75) is 30.3 Å². The molecule has 2 atom stereocenters. The van der Waals surface area contributed by atoms with Crippen molar-refractivity contribution in [3.05, 3.63) is 83.4 Å². The minimum absolute atomic E-state index is 0.000352. The van der Waals surface area contributed by atoms with Crippen molar-refractivity contribution in [1.82, 2.24) is 4.90 Å².